The number of amides is 1. The average molecular weight is 186 g/mol. The number of unbranched alkanes of at least 4 members (excludes halogenated alkanes) is 1. The van der Waals surface area contributed by atoms with E-state index in [-0.39, 0.29) is 5.91 Å². The maximum Gasteiger partial charge on any atom is 0.236 e. The molecule has 0 rings (SSSR count). The topological polar surface area (TPSA) is 23.6 Å². The number of rotatable bonds is 6. The standard InChI is InChI=1S/C10H22N2O/c1-5-7-8-12(6-2)9-10(13)11(3)4/h5-9H2,1-4H3. The molecule has 0 bridgehead atoms. The summed E-state index contributed by atoms with van der Waals surface area (Å²) in [5, 5.41) is 0. The van der Waals surface area contributed by atoms with E-state index in [1.54, 1.807) is 19.0 Å². The van der Waals surface area contributed by atoms with Gasteiger partial charge in [-0.25, -0.2) is 0 Å². The Kier molecular flexibility index (Phi) is 6.59. The van der Waals surface area contributed by atoms with Gasteiger partial charge in [0.05, 0.1) is 6.54 Å². The summed E-state index contributed by atoms with van der Waals surface area (Å²) in [6, 6.07) is 0. The van der Waals surface area contributed by atoms with Gasteiger partial charge < -0.3 is 4.90 Å². The van der Waals surface area contributed by atoms with Crippen molar-refractivity contribution in [2.24, 2.45) is 0 Å². The van der Waals surface area contributed by atoms with E-state index in [9.17, 15) is 4.79 Å². The van der Waals surface area contributed by atoms with E-state index in [2.05, 4.69) is 18.7 Å². The molecule has 3 heteroatoms. The molecule has 0 aromatic rings. The molecule has 0 heterocycles. The molecule has 0 aliphatic carbocycles. The lowest BCUT2D eigenvalue weighted by molar-refractivity contribution is -0.129. The van der Waals surface area contributed by atoms with Gasteiger partial charge in [-0.2, -0.15) is 0 Å². The van der Waals surface area contributed by atoms with Crippen molar-refractivity contribution in [3.8, 4) is 0 Å². The fourth-order valence-electron chi connectivity index (χ4n) is 1.06. The molecule has 0 atom stereocenters. The maximum absolute atomic E-state index is 11.4. The van der Waals surface area contributed by atoms with Gasteiger partial charge in [0, 0.05) is 14.1 Å². The maximum atomic E-state index is 11.4. The smallest absolute Gasteiger partial charge is 0.236 e. The van der Waals surface area contributed by atoms with Gasteiger partial charge in [-0.15, -0.1) is 0 Å². The fourth-order valence-corrected chi connectivity index (χ4v) is 1.06. The van der Waals surface area contributed by atoms with E-state index in [4.69, 9.17) is 0 Å². The molecular weight excluding hydrogens is 164 g/mol. The minimum Gasteiger partial charge on any atom is -0.348 e. The molecule has 0 N–H and O–H groups in total. The molecule has 0 spiro atoms. The van der Waals surface area contributed by atoms with Crippen LogP contribution in [0.4, 0.5) is 0 Å². The summed E-state index contributed by atoms with van der Waals surface area (Å²) < 4.78 is 0. The van der Waals surface area contributed by atoms with Crippen LogP contribution < -0.4 is 0 Å². The van der Waals surface area contributed by atoms with Crippen molar-refractivity contribution in [1.29, 1.82) is 0 Å². The summed E-state index contributed by atoms with van der Waals surface area (Å²) in [5.41, 5.74) is 0. The highest BCUT2D eigenvalue weighted by atomic mass is 16.2. The second-order valence-electron chi connectivity index (χ2n) is 3.51. The zero-order valence-corrected chi connectivity index (χ0v) is 9.34. The van der Waals surface area contributed by atoms with Gasteiger partial charge in [0.2, 0.25) is 5.91 Å². The van der Waals surface area contributed by atoms with E-state index in [1.807, 2.05) is 0 Å². The Balaban J connectivity index is 3.76. The van der Waals surface area contributed by atoms with Gasteiger partial charge in [0.1, 0.15) is 0 Å². The molecule has 13 heavy (non-hydrogen) atoms. The van der Waals surface area contributed by atoms with Gasteiger partial charge in [0.15, 0.2) is 0 Å². The van der Waals surface area contributed by atoms with Crippen LogP contribution >= 0.6 is 0 Å². The van der Waals surface area contributed by atoms with Crippen LogP contribution in [0.1, 0.15) is 26.7 Å². The van der Waals surface area contributed by atoms with Crippen LogP contribution in [0.2, 0.25) is 0 Å². The first-order valence-corrected chi connectivity index (χ1v) is 5.04. The van der Waals surface area contributed by atoms with Crippen molar-refractivity contribution >= 4 is 5.91 Å². The lowest BCUT2D eigenvalue weighted by Crippen LogP contribution is -2.37. The minimum atomic E-state index is 0.193. The molecule has 0 saturated heterocycles. The first kappa shape index (κ1) is 12.4. The largest absolute Gasteiger partial charge is 0.348 e. The summed E-state index contributed by atoms with van der Waals surface area (Å²) in [5.74, 6) is 0.193. The highest BCUT2D eigenvalue weighted by Crippen LogP contribution is 1.95. The summed E-state index contributed by atoms with van der Waals surface area (Å²) in [7, 11) is 3.60. The molecule has 0 aliphatic rings. The van der Waals surface area contributed by atoms with Crippen LogP contribution in [0.5, 0.6) is 0 Å². The minimum absolute atomic E-state index is 0.193. The molecule has 0 unspecified atom stereocenters. The second-order valence-corrected chi connectivity index (χ2v) is 3.51. The van der Waals surface area contributed by atoms with Crippen LogP contribution in [-0.4, -0.2) is 49.4 Å². The van der Waals surface area contributed by atoms with Gasteiger partial charge in [-0.05, 0) is 19.5 Å². The summed E-state index contributed by atoms with van der Waals surface area (Å²) in [6.07, 6.45) is 2.36. The van der Waals surface area contributed by atoms with E-state index in [1.165, 1.54) is 12.8 Å². The number of nitrogens with zero attached hydrogens (tertiary/aromatic N) is 2. The van der Waals surface area contributed by atoms with Gasteiger partial charge in [-0.1, -0.05) is 20.3 Å². The number of likely N-dealkylation sites (N-methyl/N-ethyl adjacent to an activating group) is 2. The molecular formula is C10H22N2O. The third kappa shape index (κ3) is 5.64. The van der Waals surface area contributed by atoms with Crippen LogP contribution in [0.3, 0.4) is 0 Å². The van der Waals surface area contributed by atoms with E-state index < -0.39 is 0 Å². The molecule has 0 fully saturated rings. The van der Waals surface area contributed by atoms with Gasteiger partial charge in [0.25, 0.3) is 0 Å². The Bertz CT molecular complexity index is 146. The Morgan fingerprint density at radius 1 is 1.23 bits per heavy atom. The molecule has 0 saturated carbocycles. The monoisotopic (exact) mass is 186 g/mol. The highest BCUT2D eigenvalue weighted by Gasteiger charge is 2.09. The number of carbonyl (C=O) groups is 1. The molecule has 78 valence electrons. The third-order valence-corrected chi connectivity index (χ3v) is 2.13. The van der Waals surface area contributed by atoms with Crippen LogP contribution in [0.25, 0.3) is 0 Å². The van der Waals surface area contributed by atoms with Crippen LogP contribution in [0.15, 0.2) is 0 Å². The third-order valence-electron chi connectivity index (χ3n) is 2.13. The van der Waals surface area contributed by atoms with Crippen molar-refractivity contribution in [2.75, 3.05) is 33.7 Å². The first-order valence-electron chi connectivity index (χ1n) is 5.04. The fraction of sp³-hybridized carbons (Fsp3) is 0.900. The van der Waals surface area contributed by atoms with E-state index in [0.717, 1.165) is 13.1 Å². The van der Waals surface area contributed by atoms with E-state index in [0.29, 0.717) is 6.54 Å². The molecule has 0 radical (unpaired) electrons. The van der Waals surface area contributed by atoms with Gasteiger partial charge >= 0.3 is 0 Å². The Morgan fingerprint density at radius 3 is 2.23 bits per heavy atom. The average Bonchev–Trinajstić information content (AvgIpc) is 2.11. The normalized spacial score (nSPS) is 10.5. The zero-order chi connectivity index (χ0) is 10.3. The molecule has 3 nitrogen and oxygen atoms in total. The summed E-state index contributed by atoms with van der Waals surface area (Å²) in [4.78, 5) is 15.2. The molecule has 0 aromatic carbocycles. The summed E-state index contributed by atoms with van der Waals surface area (Å²) in [6.45, 7) is 6.82. The van der Waals surface area contributed by atoms with E-state index >= 15 is 0 Å². The van der Waals surface area contributed by atoms with Crippen molar-refractivity contribution in [3.63, 3.8) is 0 Å². The molecule has 0 aromatic heterocycles. The summed E-state index contributed by atoms with van der Waals surface area (Å²) >= 11 is 0. The number of hydrogen-bond donors (Lipinski definition) is 0. The molecule has 0 aliphatic heterocycles. The Labute approximate surface area is 81.7 Å². The van der Waals surface area contributed by atoms with Crippen molar-refractivity contribution in [2.45, 2.75) is 26.7 Å². The number of carbonyl (C=O) groups excluding carboxylic acids is 1. The van der Waals surface area contributed by atoms with Crippen molar-refractivity contribution in [3.05, 3.63) is 0 Å². The Hall–Kier alpha value is -0.570. The van der Waals surface area contributed by atoms with Crippen molar-refractivity contribution < 1.29 is 4.79 Å². The van der Waals surface area contributed by atoms with Crippen LogP contribution in [0, 0.1) is 0 Å². The lowest BCUT2D eigenvalue weighted by atomic mass is 10.3. The quantitative estimate of drug-likeness (QED) is 0.622. The predicted molar refractivity (Wildman–Crippen MR) is 55.7 cm³/mol. The van der Waals surface area contributed by atoms with Crippen molar-refractivity contribution in [1.82, 2.24) is 9.80 Å². The zero-order valence-electron chi connectivity index (χ0n) is 9.34. The Morgan fingerprint density at radius 2 is 1.85 bits per heavy atom. The van der Waals surface area contributed by atoms with Crippen LogP contribution in [-0.2, 0) is 4.79 Å². The highest BCUT2D eigenvalue weighted by molar-refractivity contribution is 5.77. The van der Waals surface area contributed by atoms with Gasteiger partial charge in [-0.3, -0.25) is 9.69 Å². The molecule has 1 amide bonds. The second kappa shape index (κ2) is 6.89. The first-order chi connectivity index (χ1) is 6.11. The predicted octanol–water partition coefficient (Wildman–Crippen LogP) is 1.20. The lowest BCUT2D eigenvalue weighted by Gasteiger charge is -2.21. The SMILES string of the molecule is CCCCN(CC)CC(=O)N(C)C. The number of hydrogen-bond acceptors (Lipinski definition) is 2.